The van der Waals surface area contributed by atoms with E-state index in [1.165, 1.54) is 6.07 Å². The summed E-state index contributed by atoms with van der Waals surface area (Å²) < 4.78 is 19.1. The number of halogens is 1. The van der Waals surface area contributed by atoms with E-state index in [2.05, 4.69) is 5.32 Å². The zero-order valence-corrected chi connectivity index (χ0v) is 12.6. The van der Waals surface area contributed by atoms with Crippen molar-refractivity contribution in [2.75, 3.05) is 23.7 Å². The summed E-state index contributed by atoms with van der Waals surface area (Å²) in [4.78, 5) is 13.6. The summed E-state index contributed by atoms with van der Waals surface area (Å²) in [5.74, 6) is -0.340. The molecule has 0 aromatic heterocycles. The first-order chi connectivity index (χ1) is 9.76. The molecule has 3 N–H and O–H groups in total. The Morgan fingerprint density at radius 2 is 2.19 bits per heavy atom. The number of carbonyl (C=O) groups is 1. The first kappa shape index (κ1) is 15.4. The Bertz CT molecular complexity index is 508. The zero-order valence-electron chi connectivity index (χ0n) is 12.6. The normalized spacial score (nSPS) is 18.7. The van der Waals surface area contributed by atoms with Gasteiger partial charge in [0.05, 0.1) is 17.4 Å². The van der Waals surface area contributed by atoms with Crippen molar-refractivity contribution in [1.29, 1.82) is 0 Å². The minimum Gasteiger partial charge on any atom is -0.444 e. The second-order valence-corrected chi connectivity index (χ2v) is 6.26. The lowest BCUT2D eigenvalue weighted by atomic mass is 10.2. The molecule has 1 aliphatic heterocycles. The van der Waals surface area contributed by atoms with Crippen molar-refractivity contribution in [3.63, 3.8) is 0 Å². The summed E-state index contributed by atoms with van der Waals surface area (Å²) in [6.45, 7) is 6.60. The minimum atomic E-state index is -0.529. The Morgan fingerprint density at radius 3 is 2.81 bits per heavy atom. The van der Waals surface area contributed by atoms with Crippen molar-refractivity contribution in [1.82, 2.24) is 5.32 Å². The third-order valence-corrected chi connectivity index (χ3v) is 3.24. The van der Waals surface area contributed by atoms with Crippen LogP contribution < -0.4 is 16.0 Å². The molecular weight excluding hydrogens is 273 g/mol. The Morgan fingerprint density at radius 1 is 1.48 bits per heavy atom. The molecule has 1 fully saturated rings. The molecule has 0 radical (unpaired) electrons. The maximum Gasteiger partial charge on any atom is 0.407 e. The second kappa shape index (κ2) is 5.79. The molecule has 1 atom stereocenters. The fourth-order valence-corrected chi connectivity index (χ4v) is 2.42. The summed E-state index contributed by atoms with van der Waals surface area (Å²) >= 11 is 0. The van der Waals surface area contributed by atoms with Gasteiger partial charge in [0.25, 0.3) is 0 Å². The van der Waals surface area contributed by atoms with Crippen LogP contribution in [0.2, 0.25) is 0 Å². The van der Waals surface area contributed by atoms with E-state index in [-0.39, 0.29) is 11.9 Å². The molecule has 21 heavy (non-hydrogen) atoms. The van der Waals surface area contributed by atoms with E-state index in [4.69, 9.17) is 10.5 Å². The Labute approximate surface area is 124 Å². The molecule has 5 nitrogen and oxygen atoms in total. The lowest BCUT2D eigenvalue weighted by molar-refractivity contribution is 0.0509. The van der Waals surface area contributed by atoms with Crippen LogP contribution in [0.1, 0.15) is 27.2 Å². The van der Waals surface area contributed by atoms with Crippen LogP contribution in [0, 0.1) is 5.82 Å². The van der Waals surface area contributed by atoms with Crippen LogP contribution in [-0.4, -0.2) is 30.8 Å². The number of anilines is 2. The molecule has 0 unspecified atom stereocenters. The van der Waals surface area contributed by atoms with Crippen LogP contribution in [-0.2, 0) is 4.74 Å². The smallest absolute Gasteiger partial charge is 0.407 e. The van der Waals surface area contributed by atoms with Crippen molar-refractivity contribution < 1.29 is 13.9 Å². The highest BCUT2D eigenvalue weighted by molar-refractivity contribution is 5.70. The number of nitrogens with two attached hydrogens (primary N) is 1. The van der Waals surface area contributed by atoms with Gasteiger partial charge in [-0.15, -0.1) is 0 Å². The molecule has 0 spiro atoms. The zero-order chi connectivity index (χ0) is 15.6. The fourth-order valence-electron chi connectivity index (χ4n) is 2.42. The molecule has 0 saturated carbocycles. The maximum atomic E-state index is 13.9. The highest BCUT2D eigenvalue weighted by Crippen LogP contribution is 2.29. The van der Waals surface area contributed by atoms with E-state index < -0.39 is 11.7 Å². The number of carbonyl (C=O) groups excluding carboxylic acids is 1. The molecule has 1 saturated heterocycles. The molecular formula is C15H22FN3O2. The van der Waals surface area contributed by atoms with E-state index in [1.807, 2.05) is 25.7 Å². The van der Waals surface area contributed by atoms with Crippen LogP contribution in [0.5, 0.6) is 0 Å². The molecule has 116 valence electrons. The van der Waals surface area contributed by atoms with Gasteiger partial charge in [0, 0.05) is 13.1 Å². The average Bonchev–Trinajstić information content (AvgIpc) is 2.74. The van der Waals surface area contributed by atoms with Crippen molar-refractivity contribution in [2.24, 2.45) is 0 Å². The summed E-state index contributed by atoms with van der Waals surface area (Å²) in [7, 11) is 0. The molecule has 1 amide bonds. The molecule has 1 aromatic carbocycles. The van der Waals surface area contributed by atoms with Gasteiger partial charge < -0.3 is 20.7 Å². The Kier molecular flexibility index (Phi) is 4.25. The average molecular weight is 295 g/mol. The standard InChI is InChI=1S/C15H22FN3O2/c1-15(2,3)21-14(20)18-10-7-8-19(9-10)13-11(16)5-4-6-12(13)17/h4-6,10H,7-9,17H2,1-3H3,(H,18,20)/t10-/m0/s1. The molecule has 2 rings (SSSR count). The molecule has 1 aliphatic rings. The maximum absolute atomic E-state index is 13.9. The van der Waals surface area contributed by atoms with Crippen molar-refractivity contribution in [3.8, 4) is 0 Å². The number of para-hydroxylation sites is 1. The predicted octanol–water partition coefficient (Wildman–Crippen LogP) is 2.51. The van der Waals surface area contributed by atoms with Crippen LogP contribution in [0.3, 0.4) is 0 Å². The number of hydrogen-bond acceptors (Lipinski definition) is 4. The quantitative estimate of drug-likeness (QED) is 0.823. The van der Waals surface area contributed by atoms with E-state index in [1.54, 1.807) is 12.1 Å². The van der Waals surface area contributed by atoms with Gasteiger partial charge in [-0.1, -0.05) is 6.07 Å². The number of alkyl carbamates (subject to hydrolysis) is 1. The Hall–Kier alpha value is -1.98. The van der Waals surface area contributed by atoms with E-state index in [9.17, 15) is 9.18 Å². The lowest BCUT2D eigenvalue weighted by Crippen LogP contribution is -2.40. The van der Waals surface area contributed by atoms with Crippen molar-refractivity contribution in [3.05, 3.63) is 24.0 Å². The largest absolute Gasteiger partial charge is 0.444 e. The first-order valence-corrected chi connectivity index (χ1v) is 7.05. The predicted molar refractivity (Wildman–Crippen MR) is 80.8 cm³/mol. The van der Waals surface area contributed by atoms with Gasteiger partial charge in [0.15, 0.2) is 0 Å². The molecule has 0 aliphatic carbocycles. The van der Waals surface area contributed by atoms with Crippen LogP contribution in [0.4, 0.5) is 20.6 Å². The van der Waals surface area contributed by atoms with Gasteiger partial charge in [-0.05, 0) is 39.3 Å². The molecule has 1 aromatic rings. The number of rotatable bonds is 2. The fraction of sp³-hybridized carbons (Fsp3) is 0.533. The lowest BCUT2D eigenvalue weighted by Gasteiger charge is -2.23. The highest BCUT2D eigenvalue weighted by atomic mass is 19.1. The summed E-state index contributed by atoms with van der Waals surface area (Å²) in [6.07, 6.45) is 0.281. The van der Waals surface area contributed by atoms with Gasteiger partial charge >= 0.3 is 6.09 Å². The number of nitrogens with one attached hydrogen (secondary N) is 1. The van der Waals surface area contributed by atoms with Crippen LogP contribution in [0.25, 0.3) is 0 Å². The minimum absolute atomic E-state index is 0.0705. The molecule has 1 heterocycles. The number of benzene rings is 1. The summed E-state index contributed by atoms with van der Waals surface area (Å²) in [5.41, 5.74) is 6.13. The number of nitrogen functional groups attached to an aromatic ring is 1. The molecule has 6 heteroatoms. The van der Waals surface area contributed by atoms with Gasteiger partial charge in [-0.2, -0.15) is 0 Å². The summed E-state index contributed by atoms with van der Waals surface area (Å²) in [5, 5.41) is 2.81. The third kappa shape index (κ3) is 4.00. The van der Waals surface area contributed by atoms with Crippen molar-refractivity contribution >= 4 is 17.5 Å². The van der Waals surface area contributed by atoms with Crippen molar-refractivity contribution in [2.45, 2.75) is 38.8 Å². The SMILES string of the molecule is CC(C)(C)OC(=O)N[C@H]1CCN(c2c(N)cccc2F)C1. The van der Waals surface area contributed by atoms with E-state index >= 15 is 0 Å². The monoisotopic (exact) mass is 295 g/mol. The number of amides is 1. The Balaban J connectivity index is 1.97. The van der Waals surface area contributed by atoms with Gasteiger partial charge in [0.2, 0.25) is 0 Å². The van der Waals surface area contributed by atoms with Crippen LogP contribution >= 0.6 is 0 Å². The van der Waals surface area contributed by atoms with Gasteiger partial charge in [-0.25, -0.2) is 9.18 Å². The highest BCUT2D eigenvalue weighted by Gasteiger charge is 2.28. The third-order valence-electron chi connectivity index (χ3n) is 3.24. The van der Waals surface area contributed by atoms with Crippen LogP contribution in [0.15, 0.2) is 18.2 Å². The summed E-state index contributed by atoms with van der Waals surface area (Å²) in [6, 6.07) is 4.58. The number of nitrogens with zero attached hydrogens (tertiary/aromatic N) is 1. The number of ether oxygens (including phenoxy) is 1. The molecule has 0 bridgehead atoms. The van der Waals surface area contributed by atoms with Gasteiger partial charge in [-0.3, -0.25) is 0 Å². The van der Waals surface area contributed by atoms with E-state index in [0.717, 1.165) is 6.42 Å². The number of hydrogen-bond donors (Lipinski definition) is 2. The second-order valence-electron chi connectivity index (χ2n) is 6.26. The first-order valence-electron chi connectivity index (χ1n) is 7.05. The van der Waals surface area contributed by atoms with Gasteiger partial charge in [0.1, 0.15) is 11.4 Å². The van der Waals surface area contributed by atoms with E-state index in [0.29, 0.717) is 24.5 Å². The topological polar surface area (TPSA) is 67.6 Å².